The lowest BCUT2D eigenvalue weighted by atomic mass is 10.2. The first-order valence-corrected chi connectivity index (χ1v) is 7.76. The summed E-state index contributed by atoms with van der Waals surface area (Å²) in [5, 5.41) is 4.26. The first-order chi connectivity index (χ1) is 9.20. The molecule has 1 aliphatic carbocycles. The average molecular weight is 282 g/mol. The number of carbonyl (C=O) groups is 1. The SMILES string of the molecule is CCC(=O)c1sc(NCCCOCC2CC2)cc1N. The quantitative estimate of drug-likeness (QED) is 0.539. The zero-order chi connectivity index (χ0) is 13.7. The van der Waals surface area contributed by atoms with Gasteiger partial charge in [-0.3, -0.25) is 4.79 Å². The largest absolute Gasteiger partial charge is 0.397 e. The molecule has 0 radical (unpaired) electrons. The van der Waals surface area contributed by atoms with Gasteiger partial charge in [-0.15, -0.1) is 11.3 Å². The van der Waals surface area contributed by atoms with Crippen molar-refractivity contribution >= 4 is 27.8 Å². The molecule has 0 bridgehead atoms. The molecule has 0 saturated heterocycles. The van der Waals surface area contributed by atoms with Crippen LogP contribution in [0.15, 0.2) is 6.07 Å². The molecular formula is C14H22N2O2S. The van der Waals surface area contributed by atoms with Gasteiger partial charge in [-0.2, -0.15) is 0 Å². The topological polar surface area (TPSA) is 64.3 Å². The van der Waals surface area contributed by atoms with E-state index in [1.54, 1.807) is 0 Å². The maximum absolute atomic E-state index is 11.6. The Kier molecular flexibility index (Phi) is 5.22. The highest BCUT2D eigenvalue weighted by atomic mass is 32.1. The molecule has 1 fully saturated rings. The van der Waals surface area contributed by atoms with Crippen molar-refractivity contribution in [1.82, 2.24) is 0 Å². The number of nitrogens with two attached hydrogens (primary N) is 1. The number of nitrogen functional groups attached to an aromatic ring is 1. The molecule has 1 aromatic heterocycles. The van der Waals surface area contributed by atoms with E-state index in [1.807, 2.05) is 13.0 Å². The van der Waals surface area contributed by atoms with E-state index in [-0.39, 0.29) is 5.78 Å². The first-order valence-electron chi connectivity index (χ1n) is 6.94. The lowest BCUT2D eigenvalue weighted by Gasteiger charge is -2.04. The van der Waals surface area contributed by atoms with Gasteiger partial charge in [-0.05, 0) is 31.2 Å². The maximum atomic E-state index is 11.6. The van der Waals surface area contributed by atoms with Crippen molar-refractivity contribution < 1.29 is 9.53 Å². The maximum Gasteiger partial charge on any atom is 0.174 e. The number of carbonyl (C=O) groups excluding carboxylic acids is 1. The van der Waals surface area contributed by atoms with Gasteiger partial charge in [-0.25, -0.2) is 0 Å². The average Bonchev–Trinajstić information content (AvgIpc) is 3.15. The molecule has 0 unspecified atom stereocenters. The van der Waals surface area contributed by atoms with Crippen molar-refractivity contribution in [2.45, 2.75) is 32.6 Å². The molecule has 0 amide bonds. The van der Waals surface area contributed by atoms with Crippen molar-refractivity contribution in [3.05, 3.63) is 10.9 Å². The van der Waals surface area contributed by atoms with Crippen LogP contribution in [0, 0.1) is 5.92 Å². The van der Waals surface area contributed by atoms with E-state index in [0.717, 1.165) is 37.1 Å². The number of ketones is 1. The van der Waals surface area contributed by atoms with Gasteiger partial charge < -0.3 is 15.8 Å². The second kappa shape index (κ2) is 6.91. The summed E-state index contributed by atoms with van der Waals surface area (Å²) < 4.78 is 5.56. The van der Waals surface area contributed by atoms with E-state index < -0.39 is 0 Å². The van der Waals surface area contributed by atoms with Gasteiger partial charge >= 0.3 is 0 Å². The monoisotopic (exact) mass is 282 g/mol. The fraction of sp³-hybridized carbons (Fsp3) is 0.643. The molecule has 5 heteroatoms. The third kappa shape index (κ3) is 4.51. The summed E-state index contributed by atoms with van der Waals surface area (Å²) in [6.45, 7) is 4.42. The zero-order valence-electron chi connectivity index (χ0n) is 11.4. The van der Waals surface area contributed by atoms with E-state index in [2.05, 4.69) is 5.32 Å². The normalized spacial score (nSPS) is 14.6. The van der Waals surface area contributed by atoms with Gasteiger partial charge in [0.05, 0.1) is 15.6 Å². The van der Waals surface area contributed by atoms with Crippen molar-refractivity contribution in [2.24, 2.45) is 5.92 Å². The van der Waals surface area contributed by atoms with E-state index in [0.29, 0.717) is 17.0 Å². The molecule has 19 heavy (non-hydrogen) atoms. The van der Waals surface area contributed by atoms with Crippen LogP contribution in [0.25, 0.3) is 0 Å². The molecule has 2 rings (SSSR count). The molecular weight excluding hydrogens is 260 g/mol. The van der Waals surface area contributed by atoms with Crippen LogP contribution < -0.4 is 11.1 Å². The Morgan fingerprint density at radius 3 is 3.05 bits per heavy atom. The highest BCUT2D eigenvalue weighted by molar-refractivity contribution is 7.18. The summed E-state index contributed by atoms with van der Waals surface area (Å²) in [6.07, 6.45) is 4.14. The number of thiophene rings is 1. The summed E-state index contributed by atoms with van der Waals surface area (Å²) in [5.74, 6) is 0.941. The molecule has 1 aromatic rings. The van der Waals surface area contributed by atoms with Gasteiger partial charge in [-0.1, -0.05) is 6.92 Å². The summed E-state index contributed by atoms with van der Waals surface area (Å²) in [4.78, 5) is 12.3. The van der Waals surface area contributed by atoms with Crippen LogP contribution in [0.1, 0.15) is 42.3 Å². The van der Waals surface area contributed by atoms with Gasteiger partial charge in [0.1, 0.15) is 0 Å². The molecule has 106 valence electrons. The molecule has 4 nitrogen and oxygen atoms in total. The minimum absolute atomic E-state index is 0.114. The minimum atomic E-state index is 0.114. The molecule has 0 spiro atoms. The van der Waals surface area contributed by atoms with Gasteiger partial charge in [0, 0.05) is 26.2 Å². The van der Waals surface area contributed by atoms with Crippen molar-refractivity contribution in [2.75, 3.05) is 30.8 Å². The zero-order valence-corrected chi connectivity index (χ0v) is 12.2. The van der Waals surface area contributed by atoms with E-state index in [1.165, 1.54) is 24.2 Å². The number of nitrogens with one attached hydrogen (secondary N) is 1. The fourth-order valence-electron chi connectivity index (χ4n) is 1.79. The minimum Gasteiger partial charge on any atom is -0.397 e. The van der Waals surface area contributed by atoms with Crippen LogP contribution >= 0.6 is 11.3 Å². The molecule has 1 saturated carbocycles. The molecule has 0 aliphatic heterocycles. The molecule has 1 aliphatic rings. The number of rotatable bonds is 9. The molecule has 0 aromatic carbocycles. The van der Waals surface area contributed by atoms with Crippen LogP contribution in [-0.4, -0.2) is 25.5 Å². The second-order valence-corrected chi connectivity index (χ2v) is 6.02. The standard InChI is InChI=1S/C14H22N2O2S/c1-2-12(17)14-11(15)8-13(19-14)16-6-3-7-18-9-10-4-5-10/h8,10,16H,2-7,9,15H2,1H3. The highest BCUT2D eigenvalue weighted by Gasteiger charge is 2.20. The van der Waals surface area contributed by atoms with Gasteiger partial charge in [0.2, 0.25) is 0 Å². The Balaban J connectivity index is 1.65. The number of ether oxygens (including phenoxy) is 1. The van der Waals surface area contributed by atoms with Gasteiger partial charge in [0.25, 0.3) is 0 Å². The van der Waals surface area contributed by atoms with Crippen LogP contribution in [0.2, 0.25) is 0 Å². The van der Waals surface area contributed by atoms with Crippen LogP contribution in [0.3, 0.4) is 0 Å². The van der Waals surface area contributed by atoms with Crippen molar-refractivity contribution in [3.63, 3.8) is 0 Å². The Bertz CT molecular complexity index is 427. The predicted molar refractivity (Wildman–Crippen MR) is 80.0 cm³/mol. The molecule has 0 atom stereocenters. The summed E-state index contributed by atoms with van der Waals surface area (Å²) in [6, 6.07) is 1.85. The van der Waals surface area contributed by atoms with Crippen LogP contribution in [0.4, 0.5) is 10.7 Å². The highest BCUT2D eigenvalue weighted by Crippen LogP contribution is 2.30. The van der Waals surface area contributed by atoms with Crippen molar-refractivity contribution in [1.29, 1.82) is 0 Å². The number of Topliss-reactive ketones (excluding diaryl/α,β-unsaturated/α-hetero) is 1. The molecule has 3 N–H and O–H groups in total. The van der Waals surface area contributed by atoms with Crippen molar-refractivity contribution in [3.8, 4) is 0 Å². The van der Waals surface area contributed by atoms with Crippen LogP contribution in [-0.2, 0) is 4.74 Å². The van der Waals surface area contributed by atoms with E-state index in [4.69, 9.17) is 10.5 Å². The smallest absolute Gasteiger partial charge is 0.174 e. The number of hydrogen-bond acceptors (Lipinski definition) is 5. The molecule has 1 heterocycles. The van der Waals surface area contributed by atoms with E-state index >= 15 is 0 Å². The van der Waals surface area contributed by atoms with E-state index in [9.17, 15) is 4.79 Å². The summed E-state index contributed by atoms with van der Waals surface area (Å²) in [7, 11) is 0. The lowest BCUT2D eigenvalue weighted by Crippen LogP contribution is -2.06. The Labute approximate surface area is 118 Å². The summed E-state index contributed by atoms with van der Waals surface area (Å²) in [5.41, 5.74) is 6.42. The number of hydrogen-bond donors (Lipinski definition) is 2. The summed E-state index contributed by atoms with van der Waals surface area (Å²) >= 11 is 1.44. The number of anilines is 2. The first kappa shape index (κ1) is 14.3. The lowest BCUT2D eigenvalue weighted by molar-refractivity contribution is 0.0993. The van der Waals surface area contributed by atoms with Gasteiger partial charge in [0.15, 0.2) is 5.78 Å². The predicted octanol–water partition coefficient (Wildman–Crippen LogP) is 3.15. The fourth-order valence-corrected chi connectivity index (χ4v) is 2.81. The van der Waals surface area contributed by atoms with Crippen LogP contribution in [0.5, 0.6) is 0 Å². The Morgan fingerprint density at radius 2 is 2.37 bits per heavy atom. The Morgan fingerprint density at radius 1 is 1.58 bits per heavy atom. The third-order valence-electron chi connectivity index (χ3n) is 3.15. The third-order valence-corrected chi connectivity index (χ3v) is 4.30. The Hall–Kier alpha value is -1.07. The second-order valence-electron chi connectivity index (χ2n) is 4.97.